The molecule has 2 aromatic carbocycles. The lowest BCUT2D eigenvalue weighted by Crippen LogP contribution is -2.10. The summed E-state index contributed by atoms with van der Waals surface area (Å²) in [6, 6.07) is 11.3. The van der Waals surface area contributed by atoms with Gasteiger partial charge in [-0.2, -0.15) is 0 Å². The number of fused-ring (bicyclic) bond motifs is 1. The normalized spacial score (nSPS) is 10.4. The molecule has 2 nitrogen and oxygen atoms in total. The highest BCUT2D eigenvalue weighted by molar-refractivity contribution is 6.31. The summed E-state index contributed by atoms with van der Waals surface area (Å²) in [6.07, 6.45) is 0. The van der Waals surface area contributed by atoms with E-state index in [1.165, 1.54) is 0 Å². The first kappa shape index (κ1) is 9.03. The SMILES string of the molecule is N=C(N)c1ccc2cc(Cl)ccc2c1. The molecule has 0 aliphatic rings. The summed E-state index contributed by atoms with van der Waals surface area (Å²) in [6.45, 7) is 0. The highest BCUT2D eigenvalue weighted by Gasteiger charge is 1.99. The minimum Gasteiger partial charge on any atom is -0.384 e. The van der Waals surface area contributed by atoms with Crippen LogP contribution in [-0.2, 0) is 0 Å². The quantitative estimate of drug-likeness (QED) is 0.545. The first-order chi connectivity index (χ1) is 6.66. The maximum absolute atomic E-state index is 7.30. The van der Waals surface area contributed by atoms with Gasteiger partial charge in [-0.15, -0.1) is 0 Å². The summed E-state index contributed by atoms with van der Waals surface area (Å²) in [7, 11) is 0. The summed E-state index contributed by atoms with van der Waals surface area (Å²) in [4.78, 5) is 0. The fourth-order valence-electron chi connectivity index (χ4n) is 1.38. The molecule has 0 amide bonds. The second kappa shape index (κ2) is 3.31. The molecule has 0 unspecified atom stereocenters. The van der Waals surface area contributed by atoms with Crippen molar-refractivity contribution in [1.82, 2.24) is 0 Å². The molecule has 0 saturated heterocycles. The molecule has 0 saturated carbocycles. The van der Waals surface area contributed by atoms with Gasteiger partial charge in [0.1, 0.15) is 5.84 Å². The van der Waals surface area contributed by atoms with Gasteiger partial charge in [0.25, 0.3) is 0 Å². The highest BCUT2D eigenvalue weighted by Crippen LogP contribution is 2.20. The standard InChI is InChI=1S/C11H9ClN2/c12-10-4-3-7-5-9(11(13)14)2-1-8(7)6-10/h1-6H,(H3,13,14). The molecule has 14 heavy (non-hydrogen) atoms. The zero-order chi connectivity index (χ0) is 10.1. The molecule has 0 aliphatic heterocycles. The average molecular weight is 205 g/mol. The molecule has 2 rings (SSSR count). The van der Waals surface area contributed by atoms with Crippen LogP contribution in [0.25, 0.3) is 10.8 Å². The summed E-state index contributed by atoms with van der Waals surface area (Å²) in [5.41, 5.74) is 6.13. The van der Waals surface area contributed by atoms with Crippen LogP contribution in [-0.4, -0.2) is 5.84 Å². The van der Waals surface area contributed by atoms with Crippen molar-refractivity contribution in [2.75, 3.05) is 0 Å². The van der Waals surface area contributed by atoms with Crippen molar-refractivity contribution in [3.8, 4) is 0 Å². The largest absolute Gasteiger partial charge is 0.384 e. The Balaban J connectivity index is 2.67. The predicted molar refractivity (Wildman–Crippen MR) is 60.0 cm³/mol. The van der Waals surface area contributed by atoms with Gasteiger partial charge in [-0.25, -0.2) is 0 Å². The van der Waals surface area contributed by atoms with Crippen molar-refractivity contribution in [3.05, 3.63) is 47.0 Å². The maximum Gasteiger partial charge on any atom is 0.122 e. The van der Waals surface area contributed by atoms with Crippen LogP contribution in [0, 0.1) is 5.41 Å². The van der Waals surface area contributed by atoms with Crippen molar-refractivity contribution >= 4 is 28.2 Å². The van der Waals surface area contributed by atoms with E-state index in [9.17, 15) is 0 Å². The summed E-state index contributed by atoms with van der Waals surface area (Å²) < 4.78 is 0. The van der Waals surface area contributed by atoms with Crippen LogP contribution in [0.5, 0.6) is 0 Å². The van der Waals surface area contributed by atoms with Crippen LogP contribution in [0.4, 0.5) is 0 Å². The van der Waals surface area contributed by atoms with Crippen LogP contribution in [0.2, 0.25) is 5.02 Å². The smallest absolute Gasteiger partial charge is 0.122 e. The number of halogens is 1. The van der Waals surface area contributed by atoms with Crippen molar-refractivity contribution in [2.24, 2.45) is 5.73 Å². The van der Waals surface area contributed by atoms with E-state index in [1.54, 1.807) is 0 Å². The van der Waals surface area contributed by atoms with Crippen molar-refractivity contribution in [3.63, 3.8) is 0 Å². The van der Waals surface area contributed by atoms with Crippen molar-refractivity contribution in [1.29, 1.82) is 5.41 Å². The average Bonchev–Trinajstić information content (AvgIpc) is 2.16. The Morgan fingerprint density at radius 1 is 1.07 bits per heavy atom. The second-order valence-electron chi connectivity index (χ2n) is 3.12. The fraction of sp³-hybridized carbons (Fsp3) is 0. The van der Waals surface area contributed by atoms with Gasteiger partial charge in [-0.3, -0.25) is 5.41 Å². The number of hydrogen-bond donors (Lipinski definition) is 2. The number of benzene rings is 2. The van der Waals surface area contributed by atoms with Crippen molar-refractivity contribution in [2.45, 2.75) is 0 Å². The molecule has 0 aliphatic carbocycles. The Morgan fingerprint density at radius 2 is 1.71 bits per heavy atom. The fourth-order valence-corrected chi connectivity index (χ4v) is 1.56. The van der Waals surface area contributed by atoms with Crippen LogP contribution in [0.15, 0.2) is 36.4 Å². The molecule has 0 fully saturated rings. The predicted octanol–water partition coefficient (Wildman–Crippen LogP) is 2.78. The van der Waals surface area contributed by atoms with E-state index < -0.39 is 0 Å². The number of amidine groups is 1. The molecule has 0 atom stereocenters. The molecule has 0 aromatic heterocycles. The summed E-state index contributed by atoms with van der Waals surface area (Å²) >= 11 is 5.85. The lowest BCUT2D eigenvalue weighted by Gasteiger charge is -2.01. The van der Waals surface area contributed by atoms with E-state index in [-0.39, 0.29) is 5.84 Å². The molecule has 0 bridgehead atoms. The van der Waals surface area contributed by atoms with E-state index >= 15 is 0 Å². The Kier molecular flexibility index (Phi) is 2.14. The number of nitrogen functional groups attached to an aromatic ring is 1. The van der Waals surface area contributed by atoms with Gasteiger partial charge in [-0.05, 0) is 29.0 Å². The number of rotatable bonds is 1. The molecular weight excluding hydrogens is 196 g/mol. The zero-order valence-electron chi connectivity index (χ0n) is 7.42. The third-order valence-corrected chi connectivity index (χ3v) is 2.35. The maximum atomic E-state index is 7.30. The third kappa shape index (κ3) is 1.56. The number of hydrogen-bond acceptors (Lipinski definition) is 1. The van der Waals surface area contributed by atoms with Gasteiger partial charge >= 0.3 is 0 Å². The second-order valence-corrected chi connectivity index (χ2v) is 3.56. The molecule has 70 valence electrons. The Hall–Kier alpha value is -1.54. The Labute approximate surface area is 86.8 Å². The van der Waals surface area contributed by atoms with E-state index in [1.807, 2.05) is 36.4 Å². The van der Waals surface area contributed by atoms with Crippen molar-refractivity contribution < 1.29 is 0 Å². The molecule has 0 radical (unpaired) electrons. The van der Waals surface area contributed by atoms with Gasteiger partial charge in [0, 0.05) is 10.6 Å². The van der Waals surface area contributed by atoms with E-state index in [4.69, 9.17) is 22.7 Å². The first-order valence-electron chi connectivity index (χ1n) is 4.20. The van der Waals surface area contributed by atoms with Gasteiger partial charge < -0.3 is 5.73 Å². The summed E-state index contributed by atoms with van der Waals surface area (Å²) in [5.74, 6) is 0.0850. The molecule has 3 N–H and O–H groups in total. The van der Waals surface area contributed by atoms with Gasteiger partial charge in [-0.1, -0.05) is 29.8 Å². The lowest BCUT2D eigenvalue weighted by molar-refractivity contribution is 1.43. The summed E-state index contributed by atoms with van der Waals surface area (Å²) in [5, 5.41) is 10.1. The topological polar surface area (TPSA) is 49.9 Å². The molecular formula is C11H9ClN2. The van der Waals surface area contributed by atoms with Gasteiger partial charge in [0.2, 0.25) is 0 Å². The lowest BCUT2D eigenvalue weighted by atomic mass is 10.1. The van der Waals surface area contributed by atoms with Crippen LogP contribution in [0.1, 0.15) is 5.56 Å². The van der Waals surface area contributed by atoms with Gasteiger partial charge in [0.15, 0.2) is 0 Å². The highest BCUT2D eigenvalue weighted by atomic mass is 35.5. The van der Waals surface area contributed by atoms with Crippen LogP contribution < -0.4 is 5.73 Å². The Bertz CT molecular complexity index is 506. The van der Waals surface area contributed by atoms with E-state index in [2.05, 4.69) is 0 Å². The van der Waals surface area contributed by atoms with E-state index in [0.29, 0.717) is 5.02 Å². The third-order valence-electron chi connectivity index (χ3n) is 2.11. The molecule has 0 spiro atoms. The molecule has 2 aromatic rings. The van der Waals surface area contributed by atoms with Crippen LogP contribution in [0.3, 0.4) is 0 Å². The number of nitrogens with one attached hydrogen (secondary N) is 1. The minimum absolute atomic E-state index is 0.0850. The van der Waals surface area contributed by atoms with Crippen LogP contribution >= 0.6 is 11.6 Å². The van der Waals surface area contributed by atoms with E-state index in [0.717, 1.165) is 16.3 Å². The minimum atomic E-state index is 0.0850. The molecule has 0 heterocycles. The first-order valence-corrected chi connectivity index (χ1v) is 4.58. The Morgan fingerprint density at radius 3 is 2.43 bits per heavy atom. The van der Waals surface area contributed by atoms with Gasteiger partial charge in [0.05, 0.1) is 0 Å². The molecule has 3 heteroatoms. The number of nitrogens with two attached hydrogens (primary N) is 1. The monoisotopic (exact) mass is 204 g/mol. The zero-order valence-corrected chi connectivity index (χ0v) is 8.18.